The summed E-state index contributed by atoms with van der Waals surface area (Å²) in [6.45, 7) is 0. The molecule has 13 rings (SSSR count). The van der Waals surface area contributed by atoms with E-state index in [-0.39, 0.29) is 0 Å². The zero-order chi connectivity index (χ0) is 37.9. The number of thiophene rings is 1. The quantitative estimate of drug-likeness (QED) is 0.164. The van der Waals surface area contributed by atoms with Crippen LogP contribution in [0.25, 0.3) is 129 Å². The largest absolute Gasteiger partial charge is 0.456 e. The third-order valence-electron chi connectivity index (χ3n) is 12.4. The molecule has 1 nitrogen and oxygen atoms in total. The summed E-state index contributed by atoms with van der Waals surface area (Å²) in [6, 6.07) is 71.5. The van der Waals surface area contributed by atoms with Crippen molar-refractivity contribution in [2.45, 2.75) is 0 Å². The van der Waals surface area contributed by atoms with E-state index in [2.05, 4.69) is 194 Å². The molecule has 11 aromatic carbocycles. The number of rotatable bonds is 3. The van der Waals surface area contributed by atoms with Crippen molar-refractivity contribution in [3.63, 3.8) is 0 Å². The number of fused-ring (bicyclic) bond motifs is 12. The molecular weight excluding hydrogens is 721 g/mol. The fourth-order valence-corrected chi connectivity index (χ4v) is 11.0. The second-order valence-electron chi connectivity index (χ2n) is 15.6. The SMILES string of the molecule is c1ccc2c(-c3c4ccccc4c(-c4ccc5cc(-c6ccc7oc8cc9c(cc8c7c6)sc6c7ccccc7ccc96)ccc5c4)c4ccccc34)cccc2c1. The molecule has 0 aliphatic carbocycles. The second-order valence-corrected chi connectivity index (χ2v) is 16.6. The first-order valence-electron chi connectivity index (χ1n) is 19.9. The van der Waals surface area contributed by atoms with Crippen molar-refractivity contribution >= 4 is 107 Å². The maximum Gasteiger partial charge on any atom is 0.136 e. The van der Waals surface area contributed by atoms with Crippen LogP contribution < -0.4 is 0 Å². The highest BCUT2D eigenvalue weighted by atomic mass is 32.1. The van der Waals surface area contributed by atoms with Gasteiger partial charge >= 0.3 is 0 Å². The number of hydrogen-bond acceptors (Lipinski definition) is 2. The van der Waals surface area contributed by atoms with Crippen LogP contribution >= 0.6 is 11.3 Å². The molecule has 0 N–H and O–H groups in total. The zero-order valence-corrected chi connectivity index (χ0v) is 32.1. The molecule has 0 radical (unpaired) electrons. The van der Waals surface area contributed by atoms with Crippen LogP contribution in [0.1, 0.15) is 0 Å². The first-order chi connectivity index (χ1) is 28.7. The Labute approximate surface area is 337 Å². The van der Waals surface area contributed by atoms with Gasteiger partial charge in [0.1, 0.15) is 11.2 Å². The lowest BCUT2D eigenvalue weighted by molar-refractivity contribution is 0.669. The Morgan fingerprint density at radius 3 is 1.60 bits per heavy atom. The Bertz CT molecular complexity index is 3800. The van der Waals surface area contributed by atoms with E-state index >= 15 is 0 Å². The summed E-state index contributed by atoms with van der Waals surface area (Å²) in [7, 11) is 0. The number of hydrogen-bond donors (Lipinski definition) is 0. The van der Waals surface area contributed by atoms with Gasteiger partial charge in [-0.2, -0.15) is 0 Å². The molecule has 2 heterocycles. The molecule has 0 saturated heterocycles. The zero-order valence-electron chi connectivity index (χ0n) is 31.3. The Kier molecular flexibility index (Phi) is 6.66. The maximum absolute atomic E-state index is 6.50. The lowest BCUT2D eigenvalue weighted by Gasteiger charge is -2.19. The lowest BCUT2D eigenvalue weighted by atomic mass is 9.84. The third kappa shape index (κ3) is 4.64. The molecular formula is C56H32OS. The topological polar surface area (TPSA) is 13.1 Å². The third-order valence-corrected chi connectivity index (χ3v) is 13.6. The van der Waals surface area contributed by atoms with Gasteiger partial charge in [-0.1, -0.05) is 158 Å². The normalized spacial score (nSPS) is 12.1. The predicted molar refractivity (Wildman–Crippen MR) is 250 cm³/mol. The molecule has 0 amide bonds. The molecule has 0 atom stereocenters. The summed E-state index contributed by atoms with van der Waals surface area (Å²) < 4.78 is 9.13. The molecule has 2 aromatic heterocycles. The molecule has 0 fully saturated rings. The van der Waals surface area contributed by atoms with Crippen LogP contribution in [-0.4, -0.2) is 0 Å². The van der Waals surface area contributed by atoms with Crippen molar-refractivity contribution in [1.82, 2.24) is 0 Å². The van der Waals surface area contributed by atoms with Crippen molar-refractivity contribution in [2.24, 2.45) is 0 Å². The van der Waals surface area contributed by atoms with Crippen LogP contribution in [0, 0.1) is 0 Å². The van der Waals surface area contributed by atoms with E-state index in [9.17, 15) is 0 Å². The van der Waals surface area contributed by atoms with E-state index in [0.29, 0.717) is 0 Å². The first-order valence-corrected chi connectivity index (χ1v) is 20.7. The Morgan fingerprint density at radius 1 is 0.293 bits per heavy atom. The Balaban J connectivity index is 0.934. The van der Waals surface area contributed by atoms with Gasteiger partial charge in [-0.15, -0.1) is 11.3 Å². The van der Waals surface area contributed by atoms with Gasteiger partial charge in [-0.25, -0.2) is 0 Å². The smallest absolute Gasteiger partial charge is 0.136 e. The molecule has 268 valence electrons. The molecule has 0 unspecified atom stereocenters. The highest BCUT2D eigenvalue weighted by Crippen LogP contribution is 2.46. The highest BCUT2D eigenvalue weighted by molar-refractivity contribution is 7.26. The average molecular weight is 753 g/mol. The van der Waals surface area contributed by atoms with Crippen molar-refractivity contribution < 1.29 is 4.42 Å². The molecule has 0 aliphatic heterocycles. The summed E-state index contributed by atoms with van der Waals surface area (Å²) in [5, 5.41) is 17.5. The van der Waals surface area contributed by atoms with Crippen molar-refractivity contribution in [2.75, 3.05) is 0 Å². The van der Waals surface area contributed by atoms with E-state index in [1.807, 2.05) is 11.3 Å². The van der Waals surface area contributed by atoms with Crippen LogP contribution in [0.15, 0.2) is 199 Å². The second kappa shape index (κ2) is 12.1. The Hall–Kier alpha value is -7.26. The summed E-state index contributed by atoms with van der Waals surface area (Å²) in [6.07, 6.45) is 0. The molecule has 58 heavy (non-hydrogen) atoms. The summed E-state index contributed by atoms with van der Waals surface area (Å²) in [5.74, 6) is 0. The van der Waals surface area contributed by atoms with E-state index < -0.39 is 0 Å². The minimum Gasteiger partial charge on any atom is -0.456 e. The van der Waals surface area contributed by atoms with Gasteiger partial charge in [0.25, 0.3) is 0 Å². The Morgan fingerprint density at radius 2 is 0.845 bits per heavy atom. The fraction of sp³-hybridized carbons (Fsp3) is 0. The van der Waals surface area contributed by atoms with Gasteiger partial charge in [-0.05, 0) is 124 Å². The van der Waals surface area contributed by atoms with Gasteiger partial charge in [0, 0.05) is 30.9 Å². The lowest BCUT2D eigenvalue weighted by Crippen LogP contribution is -1.91. The minimum absolute atomic E-state index is 0.919. The molecule has 0 bridgehead atoms. The maximum atomic E-state index is 6.50. The van der Waals surface area contributed by atoms with Gasteiger partial charge in [-0.3, -0.25) is 0 Å². The van der Waals surface area contributed by atoms with E-state index in [1.54, 1.807) is 0 Å². The molecule has 0 saturated carbocycles. The van der Waals surface area contributed by atoms with Gasteiger partial charge < -0.3 is 4.42 Å². The van der Waals surface area contributed by atoms with Crippen LogP contribution in [0.4, 0.5) is 0 Å². The van der Waals surface area contributed by atoms with Crippen LogP contribution in [0.2, 0.25) is 0 Å². The minimum atomic E-state index is 0.919. The standard InChI is InChI=1S/C56H32OS/c1-3-13-40-33(10-1)12-9-19-42(40)55-45-17-7-5-15-43(45)54(44-16-6-8-18-46(44)55)39-23-22-35-28-36(20-21-37(35)29-39)38-25-27-51-48(30-38)49-32-53-50(31-52(49)57-51)47-26-24-34-11-2-4-14-41(34)56(47)58-53/h1-32H. The van der Waals surface area contributed by atoms with E-state index in [1.165, 1.54) is 107 Å². The highest BCUT2D eigenvalue weighted by Gasteiger charge is 2.19. The van der Waals surface area contributed by atoms with Crippen LogP contribution in [-0.2, 0) is 0 Å². The summed E-state index contributed by atoms with van der Waals surface area (Å²) in [4.78, 5) is 0. The fourth-order valence-electron chi connectivity index (χ4n) is 9.71. The number of benzene rings is 11. The predicted octanol–water partition coefficient (Wildman–Crippen LogP) is 16.7. The summed E-state index contributed by atoms with van der Waals surface area (Å²) in [5.41, 5.74) is 9.30. The van der Waals surface area contributed by atoms with E-state index in [4.69, 9.17) is 4.42 Å². The van der Waals surface area contributed by atoms with Crippen molar-refractivity contribution in [3.8, 4) is 33.4 Å². The molecule has 0 spiro atoms. The molecule has 2 heteroatoms. The van der Waals surface area contributed by atoms with Gasteiger partial charge in [0.15, 0.2) is 0 Å². The van der Waals surface area contributed by atoms with Crippen LogP contribution in [0.3, 0.4) is 0 Å². The first kappa shape index (κ1) is 31.9. The van der Waals surface area contributed by atoms with E-state index in [0.717, 1.165) is 21.9 Å². The molecule has 0 aliphatic rings. The van der Waals surface area contributed by atoms with Crippen molar-refractivity contribution in [3.05, 3.63) is 194 Å². The van der Waals surface area contributed by atoms with Crippen molar-refractivity contribution in [1.29, 1.82) is 0 Å². The van der Waals surface area contributed by atoms with Crippen LogP contribution in [0.5, 0.6) is 0 Å². The summed E-state index contributed by atoms with van der Waals surface area (Å²) >= 11 is 1.88. The monoisotopic (exact) mass is 752 g/mol. The average Bonchev–Trinajstić information content (AvgIpc) is 3.84. The van der Waals surface area contributed by atoms with Gasteiger partial charge in [0.05, 0.1) is 0 Å². The molecule has 13 aromatic rings. The van der Waals surface area contributed by atoms with Gasteiger partial charge in [0.2, 0.25) is 0 Å². The number of furan rings is 1.